The predicted molar refractivity (Wildman–Crippen MR) is 126 cm³/mol. The largest absolute Gasteiger partial charge is 0.497 e. The molecule has 166 valence electrons. The molecular weight excluding hydrogens is 430 g/mol. The zero-order chi connectivity index (χ0) is 23.1. The molecule has 1 aliphatic heterocycles. The second kappa shape index (κ2) is 10.6. The summed E-state index contributed by atoms with van der Waals surface area (Å²) in [5.41, 5.74) is 2.53. The van der Waals surface area contributed by atoms with E-state index in [2.05, 4.69) is 10.3 Å². The molecule has 8 nitrogen and oxygen atoms in total. The van der Waals surface area contributed by atoms with Gasteiger partial charge in [-0.2, -0.15) is 0 Å². The van der Waals surface area contributed by atoms with Crippen molar-refractivity contribution >= 4 is 34.7 Å². The summed E-state index contributed by atoms with van der Waals surface area (Å²) in [5.74, 6) is 0.431. The van der Waals surface area contributed by atoms with Crippen molar-refractivity contribution in [3.05, 3.63) is 87.1 Å². The number of non-ortho nitro benzene ring substituents is 1. The number of allylic oxidation sites excluding steroid dienone is 1. The van der Waals surface area contributed by atoms with Crippen LogP contribution in [0.5, 0.6) is 5.75 Å². The molecule has 0 amide bonds. The molecule has 0 aliphatic carbocycles. The van der Waals surface area contributed by atoms with E-state index in [0.717, 1.165) is 11.3 Å². The number of rotatable bonds is 8. The molecule has 2 N–H and O–H groups in total. The fourth-order valence-corrected chi connectivity index (χ4v) is 4.13. The first-order valence-electron chi connectivity index (χ1n) is 9.83. The highest BCUT2D eigenvalue weighted by atomic mass is 32.2. The van der Waals surface area contributed by atoms with Crippen molar-refractivity contribution in [1.82, 2.24) is 5.32 Å². The Morgan fingerprint density at radius 1 is 1.31 bits per heavy atom. The fraction of sp³-hybridized carbons (Fsp3) is 0.217. The lowest BCUT2D eigenvalue weighted by molar-refractivity contribution is -0.384. The number of carboxylic acid groups (broad SMARTS) is 1. The number of carbonyl (C=O) groups is 1. The lowest BCUT2D eigenvalue weighted by Crippen LogP contribution is -2.33. The number of aliphatic carboxylic acids is 1. The van der Waals surface area contributed by atoms with Gasteiger partial charge in [-0.25, -0.2) is 4.79 Å². The SMILES string of the molecule is COc1ccc(CSC2=NC(CC=Cc3cccc([N+](=O)[O-])c3)C(C(=O)O)=C(C)N2)cc1. The van der Waals surface area contributed by atoms with Gasteiger partial charge >= 0.3 is 5.97 Å². The van der Waals surface area contributed by atoms with Crippen LogP contribution in [0.1, 0.15) is 24.5 Å². The average Bonchev–Trinajstić information content (AvgIpc) is 2.77. The highest BCUT2D eigenvalue weighted by molar-refractivity contribution is 8.13. The third-order valence-corrected chi connectivity index (χ3v) is 5.78. The summed E-state index contributed by atoms with van der Waals surface area (Å²) in [6.07, 6.45) is 3.89. The predicted octanol–water partition coefficient (Wildman–Crippen LogP) is 4.63. The van der Waals surface area contributed by atoms with Crippen molar-refractivity contribution in [2.24, 2.45) is 4.99 Å². The highest BCUT2D eigenvalue weighted by Gasteiger charge is 2.27. The minimum absolute atomic E-state index is 0.00576. The topological polar surface area (TPSA) is 114 Å². The molecule has 2 aromatic carbocycles. The van der Waals surface area contributed by atoms with E-state index in [9.17, 15) is 20.0 Å². The van der Waals surface area contributed by atoms with Crippen LogP contribution in [0.3, 0.4) is 0 Å². The minimum Gasteiger partial charge on any atom is -0.497 e. The lowest BCUT2D eigenvalue weighted by Gasteiger charge is -2.23. The van der Waals surface area contributed by atoms with Crippen LogP contribution >= 0.6 is 11.8 Å². The first-order chi connectivity index (χ1) is 15.4. The standard InChI is InChI=1S/C23H23N3O5S/c1-15-21(22(27)28)20(8-4-6-16-5-3-7-18(13-16)26(29)30)25-23(24-15)32-14-17-9-11-19(31-2)12-10-17/h3-7,9-13,20H,8,14H2,1-2H3,(H,24,25)(H,27,28). The summed E-state index contributed by atoms with van der Waals surface area (Å²) in [5, 5.41) is 24.3. The zero-order valence-electron chi connectivity index (χ0n) is 17.6. The molecule has 0 saturated heterocycles. The molecule has 32 heavy (non-hydrogen) atoms. The van der Waals surface area contributed by atoms with Crippen molar-refractivity contribution in [2.45, 2.75) is 25.1 Å². The molecule has 2 aromatic rings. The average molecular weight is 454 g/mol. The Morgan fingerprint density at radius 3 is 2.72 bits per heavy atom. The van der Waals surface area contributed by atoms with Crippen molar-refractivity contribution < 1.29 is 19.6 Å². The Morgan fingerprint density at radius 2 is 2.06 bits per heavy atom. The minimum atomic E-state index is -1.02. The third-order valence-electron chi connectivity index (χ3n) is 4.82. The van der Waals surface area contributed by atoms with Gasteiger partial charge in [-0.3, -0.25) is 15.1 Å². The number of nitrogens with zero attached hydrogens (tertiary/aromatic N) is 2. The van der Waals surface area contributed by atoms with Gasteiger partial charge in [0, 0.05) is 23.6 Å². The number of nitro groups is 1. The van der Waals surface area contributed by atoms with E-state index in [4.69, 9.17) is 4.74 Å². The normalized spacial score (nSPS) is 15.9. The van der Waals surface area contributed by atoms with E-state index in [0.29, 0.717) is 28.6 Å². The second-order valence-corrected chi connectivity index (χ2v) is 8.01. The van der Waals surface area contributed by atoms with Crippen LogP contribution in [0.4, 0.5) is 5.69 Å². The van der Waals surface area contributed by atoms with E-state index >= 15 is 0 Å². The molecule has 0 spiro atoms. The number of benzene rings is 2. The van der Waals surface area contributed by atoms with E-state index in [1.54, 1.807) is 38.3 Å². The lowest BCUT2D eigenvalue weighted by atomic mass is 10.0. The molecule has 0 fully saturated rings. The summed E-state index contributed by atoms with van der Waals surface area (Å²) in [6.45, 7) is 1.73. The van der Waals surface area contributed by atoms with Crippen LogP contribution in [0.15, 0.2) is 70.9 Å². The van der Waals surface area contributed by atoms with Gasteiger partial charge in [0.15, 0.2) is 5.17 Å². The van der Waals surface area contributed by atoms with Crippen LogP contribution in [-0.4, -0.2) is 34.3 Å². The van der Waals surface area contributed by atoms with Crippen molar-refractivity contribution in [3.8, 4) is 5.75 Å². The van der Waals surface area contributed by atoms with Crippen molar-refractivity contribution in [2.75, 3.05) is 7.11 Å². The number of carboxylic acids is 1. The van der Waals surface area contributed by atoms with Gasteiger partial charge in [-0.05, 0) is 36.6 Å². The number of thioether (sulfide) groups is 1. The zero-order valence-corrected chi connectivity index (χ0v) is 18.5. The van der Waals surface area contributed by atoms with Gasteiger partial charge in [-0.1, -0.05) is 48.2 Å². The third kappa shape index (κ3) is 5.98. The Labute approximate surface area is 189 Å². The van der Waals surface area contributed by atoms with Gasteiger partial charge in [-0.15, -0.1) is 0 Å². The molecular formula is C23H23N3O5S. The first-order valence-corrected chi connectivity index (χ1v) is 10.8. The Balaban J connectivity index is 1.72. The van der Waals surface area contributed by atoms with Crippen LogP contribution in [0.25, 0.3) is 6.08 Å². The fourth-order valence-electron chi connectivity index (χ4n) is 3.21. The first kappa shape index (κ1) is 23.1. The van der Waals surface area contributed by atoms with E-state index in [-0.39, 0.29) is 11.3 Å². The molecule has 0 aromatic heterocycles. The van der Waals surface area contributed by atoms with Crippen LogP contribution in [0.2, 0.25) is 0 Å². The maximum Gasteiger partial charge on any atom is 0.335 e. The Bertz CT molecular complexity index is 1090. The van der Waals surface area contributed by atoms with Gasteiger partial charge < -0.3 is 15.2 Å². The number of methoxy groups -OCH3 is 1. The Hall–Kier alpha value is -3.59. The summed E-state index contributed by atoms with van der Waals surface area (Å²) < 4.78 is 5.17. The smallest absolute Gasteiger partial charge is 0.335 e. The number of amidine groups is 1. The van der Waals surface area contributed by atoms with Crippen LogP contribution in [-0.2, 0) is 10.5 Å². The summed E-state index contributed by atoms with van der Waals surface area (Å²) in [7, 11) is 1.62. The summed E-state index contributed by atoms with van der Waals surface area (Å²) >= 11 is 1.49. The molecule has 1 heterocycles. The number of nitrogens with one attached hydrogen (secondary N) is 1. The molecule has 0 bridgehead atoms. The summed E-state index contributed by atoms with van der Waals surface area (Å²) in [6, 6.07) is 13.4. The maximum absolute atomic E-state index is 11.8. The van der Waals surface area contributed by atoms with Crippen LogP contribution < -0.4 is 10.1 Å². The monoisotopic (exact) mass is 453 g/mol. The quantitative estimate of drug-likeness (QED) is 0.442. The number of aliphatic imine (C=N–C) groups is 1. The molecule has 0 saturated carbocycles. The molecule has 3 rings (SSSR count). The molecule has 1 unspecified atom stereocenters. The van der Waals surface area contributed by atoms with Crippen molar-refractivity contribution in [3.63, 3.8) is 0 Å². The van der Waals surface area contributed by atoms with E-state index in [1.165, 1.54) is 23.9 Å². The van der Waals surface area contributed by atoms with E-state index in [1.807, 2.05) is 24.3 Å². The van der Waals surface area contributed by atoms with E-state index < -0.39 is 16.9 Å². The Kier molecular flexibility index (Phi) is 7.67. The number of nitro benzene ring substituents is 1. The highest BCUT2D eigenvalue weighted by Crippen LogP contribution is 2.25. The maximum atomic E-state index is 11.8. The number of ether oxygens (including phenoxy) is 1. The number of hydrogen-bond donors (Lipinski definition) is 2. The van der Waals surface area contributed by atoms with Gasteiger partial charge in [0.1, 0.15) is 5.75 Å². The van der Waals surface area contributed by atoms with Crippen molar-refractivity contribution in [1.29, 1.82) is 0 Å². The molecule has 1 aliphatic rings. The van der Waals surface area contributed by atoms with Crippen LogP contribution in [0, 0.1) is 10.1 Å². The molecule has 9 heteroatoms. The van der Waals surface area contributed by atoms with Gasteiger partial charge in [0.2, 0.25) is 0 Å². The van der Waals surface area contributed by atoms with Gasteiger partial charge in [0.05, 0.1) is 23.6 Å². The van der Waals surface area contributed by atoms with Gasteiger partial charge in [0.25, 0.3) is 5.69 Å². The molecule has 0 radical (unpaired) electrons. The molecule has 1 atom stereocenters. The second-order valence-electron chi connectivity index (χ2n) is 7.05. The summed E-state index contributed by atoms with van der Waals surface area (Å²) in [4.78, 5) is 26.9. The number of hydrogen-bond acceptors (Lipinski definition) is 7.